The third kappa shape index (κ3) is 1.96. The Labute approximate surface area is 88.6 Å². The lowest BCUT2D eigenvalue weighted by Gasteiger charge is -2.11. The number of nitrogens with zero attached hydrogens (tertiary/aromatic N) is 1. The summed E-state index contributed by atoms with van der Waals surface area (Å²) in [5.41, 5.74) is 1.08. The molecule has 0 radical (unpaired) electrons. The van der Waals surface area contributed by atoms with Gasteiger partial charge in [0, 0.05) is 0 Å². The van der Waals surface area contributed by atoms with Crippen molar-refractivity contribution in [1.29, 1.82) is 5.41 Å². The molecule has 1 heterocycles. The molecule has 0 fully saturated rings. The summed E-state index contributed by atoms with van der Waals surface area (Å²) in [6.45, 7) is 4.05. The molecule has 1 aromatic rings. The van der Waals surface area contributed by atoms with Crippen LogP contribution in [0.3, 0.4) is 0 Å². The molecular weight excluding hydrogens is 188 g/mol. The van der Waals surface area contributed by atoms with Crippen LogP contribution in [0.25, 0.3) is 0 Å². The minimum Gasteiger partial charge on any atom is -0.472 e. The Hall–Kier alpha value is -1.90. The molecule has 0 aromatic heterocycles. The van der Waals surface area contributed by atoms with E-state index in [4.69, 9.17) is 10.1 Å². The maximum atomic E-state index is 7.36. The molecule has 2 rings (SSSR count). The van der Waals surface area contributed by atoms with E-state index < -0.39 is 0 Å². The predicted octanol–water partition coefficient (Wildman–Crippen LogP) is 2.36. The van der Waals surface area contributed by atoms with Crippen LogP contribution in [-0.2, 0) is 4.74 Å². The smallest absolute Gasteiger partial charge is 0.201 e. The van der Waals surface area contributed by atoms with Crippen molar-refractivity contribution in [3.63, 3.8) is 0 Å². The van der Waals surface area contributed by atoms with E-state index in [1.54, 1.807) is 6.08 Å². The fraction of sp³-hybridized carbons (Fsp3) is 0.167. The molecule has 0 saturated heterocycles. The minimum absolute atomic E-state index is 0.0472. The summed E-state index contributed by atoms with van der Waals surface area (Å²) in [7, 11) is 0. The Kier molecular flexibility index (Phi) is 2.63. The second kappa shape index (κ2) is 4.09. The first kappa shape index (κ1) is 9.65. The fourth-order valence-electron chi connectivity index (χ4n) is 1.54. The summed E-state index contributed by atoms with van der Waals surface area (Å²) >= 11 is 0. The lowest BCUT2D eigenvalue weighted by molar-refractivity contribution is 0.367. The second-order valence-electron chi connectivity index (χ2n) is 3.31. The van der Waals surface area contributed by atoms with Gasteiger partial charge in [-0.3, -0.25) is 5.41 Å². The molecule has 0 saturated carbocycles. The van der Waals surface area contributed by atoms with Crippen molar-refractivity contribution in [2.45, 2.75) is 5.92 Å². The molecule has 3 heteroatoms. The van der Waals surface area contributed by atoms with Crippen molar-refractivity contribution in [1.82, 2.24) is 0 Å². The number of ether oxygens (including phenoxy) is 1. The largest absolute Gasteiger partial charge is 0.472 e. The monoisotopic (exact) mass is 200 g/mol. The van der Waals surface area contributed by atoms with Gasteiger partial charge in [-0.25, -0.2) is 0 Å². The van der Waals surface area contributed by atoms with Gasteiger partial charge in [-0.2, -0.15) is 4.99 Å². The average Bonchev–Trinajstić information content (AvgIpc) is 2.68. The van der Waals surface area contributed by atoms with E-state index in [0.717, 1.165) is 5.56 Å². The molecule has 1 unspecified atom stereocenters. The summed E-state index contributed by atoms with van der Waals surface area (Å²) in [6.07, 6.45) is 1.78. The molecule has 1 atom stereocenters. The van der Waals surface area contributed by atoms with E-state index >= 15 is 0 Å². The molecule has 1 aliphatic rings. The Morgan fingerprint density at radius 1 is 1.40 bits per heavy atom. The number of nitrogens with one attached hydrogen (secondary N) is 1. The molecule has 1 aromatic carbocycles. The van der Waals surface area contributed by atoms with Crippen LogP contribution in [-0.4, -0.2) is 18.3 Å². The highest BCUT2D eigenvalue weighted by atomic mass is 16.5. The molecule has 15 heavy (non-hydrogen) atoms. The topological polar surface area (TPSA) is 45.4 Å². The molecule has 76 valence electrons. The van der Waals surface area contributed by atoms with E-state index in [9.17, 15) is 0 Å². The van der Waals surface area contributed by atoms with Crippen molar-refractivity contribution >= 4 is 11.7 Å². The van der Waals surface area contributed by atoms with Crippen LogP contribution < -0.4 is 0 Å². The summed E-state index contributed by atoms with van der Waals surface area (Å²) in [5, 5.41) is 7.36. The van der Waals surface area contributed by atoms with Crippen LogP contribution in [0.15, 0.2) is 48.0 Å². The lowest BCUT2D eigenvalue weighted by Crippen LogP contribution is -2.10. The first-order valence-electron chi connectivity index (χ1n) is 4.77. The maximum absolute atomic E-state index is 7.36. The van der Waals surface area contributed by atoms with Gasteiger partial charge < -0.3 is 4.74 Å². The highest BCUT2D eigenvalue weighted by molar-refractivity contribution is 6.02. The van der Waals surface area contributed by atoms with Crippen LogP contribution in [0.4, 0.5) is 0 Å². The van der Waals surface area contributed by atoms with E-state index in [-0.39, 0.29) is 18.4 Å². The zero-order chi connectivity index (χ0) is 10.7. The molecule has 0 bridgehead atoms. The Bertz CT molecular complexity index is 409. The number of benzene rings is 1. The van der Waals surface area contributed by atoms with Crippen LogP contribution >= 0.6 is 0 Å². The van der Waals surface area contributed by atoms with Crippen LogP contribution in [0, 0.1) is 5.41 Å². The first-order valence-corrected chi connectivity index (χ1v) is 4.77. The van der Waals surface area contributed by atoms with Crippen molar-refractivity contribution in [3.8, 4) is 0 Å². The SMILES string of the molecule is C=CC(C1=NC(=N)CO1)c1ccccc1. The van der Waals surface area contributed by atoms with Gasteiger partial charge in [0.05, 0.1) is 5.92 Å². The summed E-state index contributed by atoms with van der Waals surface area (Å²) in [5.74, 6) is 0.794. The Morgan fingerprint density at radius 3 is 2.67 bits per heavy atom. The third-order valence-electron chi connectivity index (χ3n) is 2.26. The molecule has 0 spiro atoms. The molecule has 3 nitrogen and oxygen atoms in total. The van der Waals surface area contributed by atoms with Crippen molar-refractivity contribution in [3.05, 3.63) is 48.6 Å². The number of amidine groups is 1. The molecule has 1 N–H and O–H groups in total. The Morgan fingerprint density at radius 2 is 2.13 bits per heavy atom. The van der Waals surface area contributed by atoms with Crippen molar-refractivity contribution in [2.24, 2.45) is 4.99 Å². The van der Waals surface area contributed by atoms with Gasteiger partial charge >= 0.3 is 0 Å². The van der Waals surface area contributed by atoms with Crippen LogP contribution in [0.5, 0.6) is 0 Å². The van der Waals surface area contributed by atoms with Crippen LogP contribution in [0.1, 0.15) is 11.5 Å². The molecule has 0 aliphatic carbocycles. The standard InChI is InChI=1S/C12H12N2O/c1-2-10(9-6-4-3-5-7-9)12-14-11(13)8-15-12/h2-7,10,13H,1,8H2. The van der Waals surface area contributed by atoms with Crippen LogP contribution in [0.2, 0.25) is 0 Å². The minimum atomic E-state index is -0.0472. The third-order valence-corrected chi connectivity index (χ3v) is 2.26. The predicted molar refractivity (Wildman–Crippen MR) is 60.5 cm³/mol. The van der Waals surface area contributed by atoms with E-state index in [1.165, 1.54) is 0 Å². The van der Waals surface area contributed by atoms with Gasteiger partial charge in [0.25, 0.3) is 0 Å². The van der Waals surface area contributed by atoms with Crippen molar-refractivity contribution in [2.75, 3.05) is 6.61 Å². The number of aliphatic imine (C=N–C) groups is 1. The second-order valence-corrected chi connectivity index (χ2v) is 3.31. The highest BCUT2D eigenvalue weighted by Gasteiger charge is 2.21. The fourth-order valence-corrected chi connectivity index (χ4v) is 1.54. The molecular formula is C12H12N2O. The maximum Gasteiger partial charge on any atom is 0.201 e. The van der Waals surface area contributed by atoms with Gasteiger partial charge in [0.2, 0.25) is 5.90 Å². The zero-order valence-corrected chi connectivity index (χ0v) is 8.31. The van der Waals surface area contributed by atoms with Gasteiger partial charge in [-0.1, -0.05) is 36.4 Å². The summed E-state index contributed by atoms with van der Waals surface area (Å²) in [4.78, 5) is 4.04. The van der Waals surface area contributed by atoms with Gasteiger partial charge in [0.1, 0.15) is 6.61 Å². The van der Waals surface area contributed by atoms with E-state index in [0.29, 0.717) is 5.90 Å². The first-order chi connectivity index (χ1) is 7.31. The van der Waals surface area contributed by atoms with Gasteiger partial charge in [-0.05, 0) is 5.56 Å². The van der Waals surface area contributed by atoms with Crippen molar-refractivity contribution < 1.29 is 4.74 Å². The quantitative estimate of drug-likeness (QED) is 0.748. The number of hydrogen-bond acceptors (Lipinski definition) is 2. The normalized spacial score (nSPS) is 16.8. The lowest BCUT2D eigenvalue weighted by atomic mass is 9.99. The molecule has 1 aliphatic heterocycles. The van der Waals surface area contributed by atoms with Gasteiger partial charge in [0.15, 0.2) is 5.84 Å². The van der Waals surface area contributed by atoms with E-state index in [2.05, 4.69) is 11.6 Å². The number of hydrogen-bond donors (Lipinski definition) is 1. The zero-order valence-electron chi connectivity index (χ0n) is 8.31. The Balaban J connectivity index is 2.29. The average molecular weight is 200 g/mol. The summed E-state index contributed by atoms with van der Waals surface area (Å²) in [6, 6.07) is 9.89. The summed E-state index contributed by atoms with van der Waals surface area (Å²) < 4.78 is 5.33. The molecule has 0 amide bonds. The highest BCUT2D eigenvalue weighted by Crippen LogP contribution is 2.21. The van der Waals surface area contributed by atoms with E-state index in [1.807, 2.05) is 30.3 Å². The van der Waals surface area contributed by atoms with Gasteiger partial charge in [-0.15, -0.1) is 6.58 Å². The number of rotatable bonds is 3.